The number of carbonyl (C=O) groups excluding carboxylic acids is 1. The molecule has 2 saturated heterocycles. The van der Waals surface area contributed by atoms with Crippen molar-refractivity contribution in [1.82, 2.24) is 9.34 Å². The lowest BCUT2D eigenvalue weighted by Crippen LogP contribution is -2.42. The van der Waals surface area contributed by atoms with Crippen LogP contribution >= 0.6 is 7.67 Å². The SMILES string of the molecule is C[C@]12CC[C@@H]3c4ccc(OP(=O)(N5CC5)N5CC5)cc4CC[C@H]3[C@@H]1CCC2=O. The van der Waals surface area contributed by atoms with Gasteiger partial charge in [0.1, 0.15) is 11.5 Å². The Kier molecular flexibility index (Phi) is 3.75. The topological polar surface area (TPSA) is 49.4 Å². The molecule has 5 aliphatic rings. The molecule has 4 atom stereocenters. The molecule has 0 N–H and O–H groups in total. The van der Waals surface area contributed by atoms with E-state index in [9.17, 15) is 9.36 Å². The minimum Gasteiger partial charge on any atom is -0.422 e. The third kappa shape index (κ3) is 2.52. The Bertz CT molecular complexity index is 878. The van der Waals surface area contributed by atoms with Crippen molar-refractivity contribution in [3.8, 4) is 5.75 Å². The lowest BCUT2D eigenvalue weighted by molar-refractivity contribution is -0.129. The Morgan fingerprint density at radius 1 is 1.07 bits per heavy atom. The van der Waals surface area contributed by atoms with E-state index in [1.807, 2.05) is 15.4 Å². The highest BCUT2D eigenvalue weighted by molar-refractivity contribution is 7.55. The summed E-state index contributed by atoms with van der Waals surface area (Å²) in [4.78, 5) is 12.5. The molecule has 0 unspecified atom stereocenters. The van der Waals surface area contributed by atoms with E-state index in [1.54, 1.807) is 0 Å². The average molecular weight is 400 g/mol. The zero-order valence-electron chi connectivity index (χ0n) is 16.6. The van der Waals surface area contributed by atoms with Gasteiger partial charge in [0, 0.05) is 38.0 Å². The van der Waals surface area contributed by atoms with Gasteiger partial charge in [-0.2, -0.15) is 0 Å². The van der Waals surface area contributed by atoms with E-state index in [-0.39, 0.29) is 5.41 Å². The molecule has 4 fully saturated rings. The Morgan fingerprint density at radius 2 is 1.82 bits per heavy atom. The molecule has 6 rings (SSSR count). The Balaban J connectivity index is 1.27. The van der Waals surface area contributed by atoms with Gasteiger partial charge in [0.2, 0.25) is 0 Å². The number of fused-ring (bicyclic) bond motifs is 5. The van der Waals surface area contributed by atoms with Crippen LogP contribution in [0.4, 0.5) is 0 Å². The largest absolute Gasteiger partial charge is 0.422 e. The predicted molar refractivity (Wildman–Crippen MR) is 107 cm³/mol. The quantitative estimate of drug-likeness (QED) is 0.559. The molecule has 5 nitrogen and oxygen atoms in total. The standard InChI is InChI=1S/C22H29N2O3P/c1-22-9-8-18-17-5-3-16(27-28(26,23-10-11-23)24-12-13-24)14-15(17)2-4-19(18)20(22)6-7-21(22)25/h3,5,14,18-20H,2,4,6-13H2,1H3/t18-,19-,20+,22+/m1/s1. The number of hydrogen-bond donors (Lipinski definition) is 0. The van der Waals surface area contributed by atoms with Crippen LogP contribution in [0.1, 0.15) is 56.1 Å². The first kappa shape index (κ1) is 17.7. The zero-order chi connectivity index (χ0) is 19.1. The number of aryl methyl sites for hydroxylation is 1. The Labute approximate surface area is 167 Å². The molecule has 2 saturated carbocycles. The average Bonchev–Trinajstić information content (AvgIpc) is 3.58. The number of Topliss-reactive ketones (excluding diaryl/α,β-unsaturated/α-hetero) is 1. The fourth-order valence-corrected chi connectivity index (χ4v) is 8.58. The molecule has 150 valence electrons. The smallest absolute Gasteiger partial charge is 0.395 e. The fourth-order valence-electron chi connectivity index (χ4n) is 6.41. The van der Waals surface area contributed by atoms with E-state index in [2.05, 4.69) is 19.1 Å². The van der Waals surface area contributed by atoms with E-state index >= 15 is 0 Å². The number of ketones is 1. The van der Waals surface area contributed by atoms with E-state index in [0.717, 1.165) is 64.0 Å². The van der Waals surface area contributed by atoms with Crippen LogP contribution < -0.4 is 4.52 Å². The maximum absolute atomic E-state index is 13.3. The monoisotopic (exact) mass is 400 g/mol. The minimum absolute atomic E-state index is 0.0637. The normalized spacial score (nSPS) is 37.2. The van der Waals surface area contributed by atoms with Gasteiger partial charge in [0.05, 0.1) is 0 Å². The van der Waals surface area contributed by atoms with Gasteiger partial charge >= 0.3 is 7.67 Å². The number of carbonyl (C=O) groups is 1. The number of rotatable bonds is 4. The summed E-state index contributed by atoms with van der Waals surface area (Å²) in [6, 6.07) is 6.42. The number of benzene rings is 1. The van der Waals surface area contributed by atoms with Crippen LogP contribution in [0.2, 0.25) is 0 Å². The molecule has 0 amide bonds. The molecule has 0 radical (unpaired) electrons. The van der Waals surface area contributed by atoms with Crippen LogP contribution in [0, 0.1) is 17.3 Å². The molecule has 0 spiro atoms. The highest BCUT2D eigenvalue weighted by Crippen LogP contribution is 2.62. The maximum atomic E-state index is 13.3. The van der Waals surface area contributed by atoms with E-state index in [0.29, 0.717) is 23.5 Å². The predicted octanol–water partition coefficient (Wildman–Crippen LogP) is 4.23. The summed E-state index contributed by atoms with van der Waals surface area (Å²) in [6.07, 6.45) is 6.25. The molecule has 1 aromatic rings. The molecule has 28 heavy (non-hydrogen) atoms. The van der Waals surface area contributed by atoms with Crippen molar-refractivity contribution < 1.29 is 13.9 Å². The van der Waals surface area contributed by atoms with Gasteiger partial charge in [-0.1, -0.05) is 13.0 Å². The number of nitrogens with zero attached hydrogens (tertiary/aromatic N) is 2. The first-order valence-corrected chi connectivity index (χ1v) is 12.5. The van der Waals surface area contributed by atoms with Gasteiger partial charge in [-0.05, 0) is 73.1 Å². The van der Waals surface area contributed by atoms with Crippen LogP contribution in [0.3, 0.4) is 0 Å². The van der Waals surface area contributed by atoms with Crippen molar-refractivity contribution in [3.63, 3.8) is 0 Å². The summed E-state index contributed by atoms with van der Waals surface area (Å²) in [6.45, 7) is 5.74. The molecule has 3 aliphatic carbocycles. The van der Waals surface area contributed by atoms with Crippen molar-refractivity contribution in [2.75, 3.05) is 26.2 Å². The minimum atomic E-state index is -2.83. The Hall–Kier alpha value is -1.16. The zero-order valence-corrected chi connectivity index (χ0v) is 17.5. The summed E-state index contributed by atoms with van der Waals surface area (Å²) in [5.41, 5.74) is 2.76. The first-order chi connectivity index (χ1) is 13.5. The van der Waals surface area contributed by atoms with Gasteiger partial charge in [0.15, 0.2) is 0 Å². The van der Waals surface area contributed by atoms with Gasteiger partial charge in [0.25, 0.3) is 0 Å². The molecule has 1 aromatic carbocycles. The van der Waals surface area contributed by atoms with Crippen LogP contribution in [0.15, 0.2) is 18.2 Å². The van der Waals surface area contributed by atoms with Crippen LogP contribution in [0.25, 0.3) is 0 Å². The van der Waals surface area contributed by atoms with Crippen molar-refractivity contribution in [3.05, 3.63) is 29.3 Å². The molecule has 2 heterocycles. The summed E-state index contributed by atoms with van der Waals surface area (Å²) < 4.78 is 23.3. The molecular weight excluding hydrogens is 371 g/mol. The van der Waals surface area contributed by atoms with Gasteiger partial charge in [-0.25, -0.2) is 13.9 Å². The third-order valence-electron chi connectivity index (χ3n) is 8.19. The van der Waals surface area contributed by atoms with E-state index in [4.69, 9.17) is 4.52 Å². The second kappa shape index (κ2) is 5.93. The second-order valence-corrected chi connectivity index (χ2v) is 12.0. The molecule has 0 aromatic heterocycles. The van der Waals surface area contributed by atoms with Gasteiger partial charge < -0.3 is 4.52 Å². The van der Waals surface area contributed by atoms with Crippen molar-refractivity contribution in [2.45, 2.75) is 51.4 Å². The van der Waals surface area contributed by atoms with Crippen LogP contribution in [-0.4, -0.2) is 41.3 Å². The molecule has 0 bridgehead atoms. The fraction of sp³-hybridized carbons (Fsp3) is 0.682. The second-order valence-electron chi connectivity index (χ2n) is 9.68. The van der Waals surface area contributed by atoms with Gasteiger partial charge in [-0.3, -0.25) is 4.79 Å². The van der Waals surface area contributed by atoms with Gasteiger partial charge in [-0.15, -0.1) is 0 Å². The van der Waals surface area contributed by atoms with E-state index in [1.165, 1.54) is 17.5 Å². The number of hydrogen-bond acceptors (Lipinski definition) is 3. The maximum Gasteiger partial charge on any atom is 0.395 e. The molecule has 2 aliphatic heterocycles. The lowest BCUT2D eigenvalue weighted by Gasteiger charge is -2.48. The summed E-state index contributed by atoms with van der Waals surface area (Å²) in [5, 5.41) is 0. The van der Waals surface area contributed by atoms with Crippen molar-refractivity contribution >= 4 is 13.5 Å². The first-order valence-electron chi connectivity index (χ1n) is 11.0. The summed E-state index contributed by atoms with van der Waals surface area (Å²) in [7, 11) is -2.83. The summed E-state index contributed by atoms with van der Waals surface area (Å²) >= 11 is 0. The van der Waals surface area contributed by atoms with Crippen molar-refractivity contribution in [2.24, 2.45) is 17.3 Å². The summed E-state index contributed by atoms with van der Waals surface area (Å²) in [5.74, 6) is 3.05. The lowest BCUT2D eigenvalue weighted by atomic mass is 9.55. The highest BCUT2D eigenvalue weighted by atomic mass is 31.2. The highest BCUT2D eigenvalue weighted by Gasteiger charge is 2.55. The van der Waals surface area contributed by atoms with Crippen LogP contribution in [-0.2, 0) is 15.8 Å². The third-order valence-corrected chi connectivity index (χ3v) is 10.9. The van der Waals surface area contributed by atoms with Crippen molar-refractivity contribution in [1.29, 1.82) is 0 Å². The van der Waals surface area contributed by atoms with Crippen LogP contribution in [0.5, 0.6) is 5.75 Å². The Morgan fingerprint density at radius 3 is 2.54 bits per heavy atom. The molecule has 6 heteroatoms. The van der Waals surface area contributed by atoms with E-state index < -0.39 is 7.67 Å². The molecular formula is C22H29N2O3P.